The topological polar surface area (TPSA) is 0 Å². The Morgan fingerprint density at radius 2 is 1.43 bits per heavy atom. The molecule has 0 spiro atoms. The van der Waals surface area contributed by atoms with Crippen molar-refractivity contribution >= 4 is 0 Å². The van der Waals surface area contributed by atoms with Gasteiger partial charge in [0.2, 0.25) is 0 Å². The summed E-state index contributed by atoms with van der Waals surface area (Å²) in [6.07, 6.45) is 2.17. The summed E-state index contributed by atoms with van der Waals surface area (Å²) >= 11 is 0. The molecule has 0 aromatic heterocycles. The Morgan fingerprint density at radius 1 is 1.29 bits per heavy atom. The van der Waals surface area contributed by atoms with E-state index < -0.39 is 0 Å². The maximum absolute atomic E-state index is 2.17. The minimum Gasteiger partial charge on any atom is -0.329 e. The van der Waals surface area contributed by atoms with Crippen molar-refractivity contribution in [3.8, 4) is 0 Å². The maximum atomic E-state index is 2.17. The summed E-state index contributed by atoms with van der Waals surface area (Å²) in [4.78, 5) is 0. The van der Waals surface area contributed by atoms with Crippen LogP contribution < -0.4 is 0 Å². The van der Waals surface area contributed by atoms with E-state index in [1.807, 2.05) is 0 Å². The average molecular weight is 306 g/mol. The van der Waals surface area contributed by atoms with Gasteiger partial charge in [-0.05, 0) is 0 Å². The van der Waals surface area contributed by atoms with Gasteiger partial charge in [-0.3, -0.25) is 0 Å². The predicted molar refractivity (Wildman–Crippen MR) is 24.8 cm³/mol. The number of hydrogen-bond acceptors (Lipinski definition) is 0. The van der Waals surface area contributed by atoms with Crippen molar-refractivity contribution in [1.82, 2.24) is 0 Å². The fourth-order valence-electron chi connectivity index (χ4n) is 0. The molecule has 0 saturated heterocycles. The van der Waals surface area contributed by atoms with E-state index in [0.717, 1.165) is 5.92 Å². The third-order valence-corrected chi connectivity index (χ3v) is 0.667. The van der Waals surface area contributed by atoms with Gasteiger partial charge < -0.3 is 6.42 Å². The largest absolute Gasteiger partial charge is 0.329 e. The van der Waals surface area contributed by atoms with Gasteiger partial charge in [0.05, 0.1) is 0 Å². The fourth-order valence-corrected chi connectivity index (χ4v) is 0. The second kappa shape index (κ2) is 10.3. The zero-order valence-electron chi connectivity index (χ0n) is 5.01. The summed E-state index contributed by atoms with van der Waals surface area (Å²) in [5.41, 5.74) is 0. The van der Waals surface area contributed by atoms with E-state index in [4.69, 9.17) is 0 Å². The molecule has 7 heavy (non-hydrogen) atoms. The van der Waals surface area contributed by atoms with Crippen LogP contribution in [0.1, 0.15) is 20.8 Å². The fraction of sp³-hybridized carbons (Fsp3) is 0.800. The van der Waals surface area contributed by atoms with E-state index in [0.29, 0.717) is 0 Å². The molecule has 0 fully saturated rings. The average Bonchev–Trinajstić information content (AvgIpc) is 1.38. The molecule has 0 aliphatic rings. The van der Waals surface area contributed by atoms with E-state index >= 15 is 0 Å². The molecule has 0 aliphatic heterocycles. The molecule has 0 saturated carbocycles. The van der Waals surface area contributed by atoms with Crippen molar-refractivity contribution in [2.75, 3.05) is 0 Å². The zero-order chi connectivity index (χ0) is 4.28. The van der Waals surface area contributed by atoms with E-state index in [1.54, 1.807) is 0 Å². The molecule has 0 aliphatic carbocycles. The van der Waals surface area contributed by atoms with Gasteiger partial charge >= 0.3 is 0 Å². The predicted octanol–water partition coefficient (Wildman–Crippen LogP) is 1.86. The van der Waals surface area contributed by atoms with Gasteiger partial charge in [-0.15, -0.1) is 0 Å². The smallest absolute Gasteiger partial charge is 0 e. The molecule has 0 amide bonds. The van der Waals surface area contributed by atoms with Crippen molar-refractivity contribution in [3.05, 3.63) is 6.42 Å². The molecule has 2 heteroatoms. The molecule has 0 atom stereocenters. The minimum atomic E-state index is 0. The molecule has 0 nitrogen and oxygen atoms in total. The molecule has 0 rings (SSSR count). The second-order valence-electron chi connectivity index (χ2n) is 1.58. The first-order chi connectivity index (χ1) is 2.27. The molecule has 43 valence electrons. The van der Waals surface area contributed by atoms with Crippen LogP contribution >= 0.6 is 0 Å². The van der Waals surface area contributed by atoms with E-state index in [9.17, 15) is 0 Å². The molecule has 0 bridgehead atoms. The summed E-state index contributed by atoms with van der Waals surface area (Å²) in [7, 11) is 0. The molecule has 0 aromatic rings. The van der Waals surface area contributed by atoms with E-state index in [-0.39, 0.29) is 39.6 Å². The molecule has 1 radical (unpaired) electrons. The van der Waals surface area contributed by atoms with Crippen LogP contribution in [-0.4, -0.2) is 0 Å². The molecular formula is C5H11VW-. The normalized spacial score (nSPS) is 6.86. The maximum Gasteiger partial charge on any atom is 0 e. The Hall–Kier alpha value is 1.27. The van der Waals surface area contributed by atoms with E-state index in [1.165, 1.54) is 0 Å². The van der Waals surface area contributed by atoms with Gasteiger partial charge in [-0.25, -0.2) is 0 Å². The summed E-state index contributed by atoms with van der Waals surface area (Å²) in [5.74, 6) is 0.759. The summed E-state index contributed by atoms with van der Waals surface area (Å²) in [6, 6.07) is 0. The summed E-state index contributed by atoms with van der Waals surface area (Å²) < 4.78 is 0. The SMILES string of the molecule is C[CH-]C(C)C.[V].[W]. The molecular weight excluding hydrogens is 295 g/mol. The van der Waals surface area contributed by atoms with Gasteiger partial charge in [-0.2, -0.15) is 12.8 Å². The molecule has 0 heterocycles. The van der Waals surface area contributed by atoms with Crippen molar-refractivity contribution in [2.45, 2.75) is 20.8 Å². The van der Waals surface area contributed by atoms with Crippen molar-refractivity contribution in [1.29, 1.82) is 0 Å². The van der Waals surface area contributed by atoms with Gasteiger partial charge in [0, 0.05) is 39.6 Å². The van der Waals surface area contributed by atoms with Gasteiger partial charge in [0.25, 0.3) is 0 Å². The first kappa shape index (κ1) is 15.7. The Morgan fingerprint density at radius 3 is 1.43 bits per heavy atom. The first-order valence-electron chi connectivity index (χ1n) is 2.07. The van der Waals surface area contributed by atoms with Crippen molar-refractivity contribution < 1.29 is 39.6 Å². The number of rotatable bonds is 1. The zero-order valence-corrected chi connectivity index (χ0v) is 9.34. The van der Waals surface area contributed by atoms with Crippen LogP contribution in [0.5, 0.6) is 0 Å². The van der Waals surface area contributed by atoms with Gasteiger partial charge in [0.15, 0.2) is 0 Å². The Bertz CT molecular complexity index is 22.0. The third-order valence-electron chi connectivity index (χ3n) is 0.667. The Labute approximate surface area is 72.6 Å². The van der Waals surface area contributed by atoms with Crippen LogP contribution in [0.3, 0.4) is 0 Å². The first-order valence-corrected chi connectivity index (χ1v) is 2.07. The van der Waals surface area contributed by atoms with Crippen LogP contribution in [-0.2, 0) is 39.6 Å². The van der Waals surface area contributed by atoms with Crippen LogP contribution in [0.25, 0.3) is 0 Å². The quantitative estimate of drug-likeness (QED) is 0.649. The third kappa shape index (κ3) is 18.9. The monoisotopic (exact) mass is 306 g/mol. The summed E-state index contributed by atoms with van der Waals surface area (Å²) in [6.45, 7) is 6.41. The molecule has 0 aromatic carbocycles. The van der Waals surface area contributed by atoms with Gasteiger partial charge in [-0.1, -0.05) is 13.8 Å². The van der Waals surface area contributed by atoms with E-state index in [2.05, 4.69) is 27.2 Å². The number of hydrogen-bond donors (Lipinski definition) is 0. The standard InChI is InChI=1S/C5H11.V.W/c1-4-5(2)3;;/h4-5H,1-3H3;;/q-1;;. The van der Waals surface area contributed by atoms with Crippen LogP contribution in [0.4, 0.5) is 0 Å². The van der Waals surface area contributed by atoms with Gasteiger partial charge in [0.1, 0.15) is 0 Å². The van der Waals surface area contributed by atoms with Crippen LogP contribution in [0.2, 0.25) is 0 Å². The minimum absolute atomic E-state index is 0. The van der Waals surface area contributed by atoms with Crippen molar-refractivity contribution in [2.24, 2.45) is 5.92 Å². The van der Waals surface area contributed by atoms with Crippen LogP contribution in [0, 0.1) is 12.3 Å². The Balaban J connectivity index is -0.0000000800. The molecule has 0 unspecified atom stereocenters. The summed E-state index contributed by atoms with van der Waals surface area (Å²) in [5, 5.41) is 0. The molecule has 0 N–H and O–H groups in total. The van der Waals surface area contributed by atoms with Crippen LogP contribution in [0.15, 0.2) is 0 Å². The Kier molecular flexibility index (Phi) is 23.1. The van der Waals surface area contributed by atoms with Crippen molar-refractivity contribution in [3.63, 3.8) is 0 Å². The second-order valence-corrected chi connectivity index (χ2v) is 1.58.